The first-order valence-electron chi connectivity index (χ1n) is 5.75. The molecule has 2 rings (SSSR count). The van der Waals surface area contributed by atoms with Gasteiger partial charge < -0.3 is 10.6 Å². The van der Waals surface area contributed by atoms with Crippen LogP contribution in [0.2, 0.25) is 0 Å². The molecular weight excluding hydrogens is 217 g/mol. The number of hydrogen-bond acceptors (Lipinski definition) is 3. The highest BCUT2D eigenvalue weighted by atomic mass is 19.1. The van der Waals surface area contributed by atoms with Crippen LogP contribution in [-0.4, -0.2) is 18.5 Å². The van der Waals surface area contributed by atoms with Gasteiger partial charge in [0.1, 0.15) is 5.82 Å². The summed E-state index contributed by atoms with van der Waals surface area (Å²) >= 11 is 0. The zero-order valence-corrected chi connectivity index (χ0v) is 10.4. The number of nitrogens with zero attached hydrogens (tertiary/aromatic N) is 2. The lowest BCUT2D eigenvalue weighted by atomic mass is 9.86. The van der Waals surface area contributed by atoms with E-state index >= 15 is 0 Å². The van der Waals surface area contributed by atoms with Gasteiger partial charge in [-0.3, -0.25) is 4.99 Å². The standard InChI is InChI=1S/C13H18FN3/c1-13(2,3)11-8-16-12(15)17(11)10-7-5-4-6-9(10)14/h4-7,11H,8H2,1-3H3,(H2,15,16). The average Bonchev–Trinajstić information content (AvgIpc) is 2.60. The molecule has 0 amide bonds. The molecule has 1 aliphatic heterocycles. The Morgan fingerprint density at radius 3 is 2.59 bits per heavy atom. The molecule has 4 heteroatoms. The normalized spacial score (nSPS) is 20.6. The number of benzene rings is 1. The Morgan fingerprint density at radius 2 is 2.00 bits per heavy atom. The largest absolute Gasteiger partial charge is 0.370 e. The second kappa shape index (κ2) is 4.02. The first-order chi connectivity index (χ1) is 7.91. The lowest BCUT2D eigenvalue weighted by molar-refractivity contribution is 0.334. The van der Waals surface area contributed by atoms with Crippen LogP contribution in [0.25, 0.3) is 0 Å². The van der Waals surface area contributed by atoms with Gasteiger partial charge in [0.2, 0.25) is 0 Å². The minimum Gasteiger partial charge on any atom is -0.370 e. The molecule has 1 aliphatic rings. The fraction of sp³-hybridized carbons (Fsp3) is 0.462. The Bertz CT molecular complexity index is 448. The van der Waals surface area contributed by atoms with E-state index in [-0.39, 0.29) is 17.3 Å². The molecule has 0 aromatic heterocycles. The number of nitrogens with two attached hydrogens (primary N) is 1. The first-order valence-corrected chi connectivity index (χ1v) is 5.75. The molecule has 0 aliphatic carbocycles. The second-order valence-corrected chi connectivity index (χ2v) is 5.40. The van der Waals surface area contributed by atoms with Crippen molar-refractivity contribution in [2.24, 2.45) is 16.1 Å². The molecule has 0 spiro atoms. The molecule has 2 N–H and O–H groups in total. The summed E-state index contributed by atoms with van der Waals surface area (Å²) in [5.41, 5.74) is 6.37. The van der Waals surface area contributed by atoms with Crippen molar-refractivity contribution < 1.29 is 4.39 Å². The molecule has 1 unspecified atom stereocenters. The Labute approximate surface area is 101 Å². The molecule has 1 aromatic rings. The Morgan fingerprint density at radius 1 is 1.35 bits per heavy atom. The van der Waals surface area contributed by atoms with Crippen LogP contribution in [-0.2, 0) is 0 Å². The number of rotatable bonds is 1. The summed E-state index contributed by atoms with van der Waals surface area (Å²) < 4.78 is 13.8. The number of anilines is 1. The van der Waals surface area contributed by atoms with Gasteiger partial charge in [0, 0.05) is 0 Å². The second-order valence-electron chi connectivity index (χ2n) is 5.40. The van der Waals surface area contributed by atoms with Gasteiger partial charge in [-0.15, -0.1) is 0 Å². The average molecular weight is 235 g/mol. The molecular formula is C13H18FN3. The predicted octanol–water partition coefficient (Wildman–Crippen LogP) is 2.38. The van der Waals surface area contributed by atoms with Crippen LogP contribution in [0.15, 0.2) is 29.3 Å². The first kappa shape index (κ1) is 11.9. The predicted molar refractivity (Wildman–Crippen MR) is 68.6 cm³/mol. The van der Waals surface area contributed by atoms with Crippen molar-refractivity contribution in [1.82, 2.24) is 0 Å². The topological polar surface area (TPSA) is 41.6 Å². The Balaban J connectivity index is 2.42. The van der Waals surface area contributed by atoms with Crippen molar-refractivity contribution in [3.63, 3.8) is 0 Å². The zero-order chi connectivity index (χ0) is 12.6. The van der Waals surface area contributed by atoms with E-state index in [0.29, 0.717) is 18.2 Å². The summed E-state index contributed by atoms with van der Waals surface area (Å²) in [6.07, 6.45) is 0. The van der Waals surface area contributed by atoms with Crippen LogP contribution in [0.1, 0.15) is 20.8 Å². The van der Waals surface area contributed by atoms with E-state index in [4.69, 9.17) is 5.73 Å². The molecule has 92 valence electrons. The van der Waals surface area contributed by atoms with E-state index in [1.165, 1.54) is 6.07 Å². The van der Waals surface area contributed by atoms with E-state index in [9.17, 15) is 4.39 Å². The highest BCUT2D eigenvalue weighted by molar-refractivity contribution is 5.97. The maximum Gasteiger partial charge on any atom is 0.196 e. The van der Waals surface area contributed by atoms with Gasteiger partial charge in [0.25, 0.3) is 0 Å². The van der Waals surface area contributed by atoms with E-state index < -0.39 is 0 Å². The molecule has 0 bridgehead atoms. The van der Waals surface area contributed by atoms with Crippen molar-refractivity contribution in [1.29, 1.82) is 0 Å². The van der Waals surface area contributed by atoms with E-state index in [2.05, 4.69) is 25.8 Å². The Kier molecular flexibility index (Phi) is 2.81. The maximum absolute atomic E-state index is 13.8. The molecule has 3 nitrogen and oxygen atoms in total. The molecule has 0 saturated carbocycles. The van der Waals surface area contributed by atoms with Crippen LogP contribution in [0.4, 0.5) is 10.1 Å². The highest BCUT2D eigenvalue weighted by Crippen LogP contribution is 2.32. The van der Waals surface area contributed by atoms with Crippen LogP contribution in [0.3, 0.4) is 0 Å². The van der Waals surface area contributed by atoms with Gasteiger partial charge in [-0.05, 0) is 17.5 Å². The fourth-order valence-electron chi connectivity index (χ4n) is 2.10. The van der Waals surface area contributed by atoms with E-state index in [0.717, 1.165) is 0 Å². The molecule has 1 heterocycles. The van der Waals surface area contributed by atoms with Gasteiger partial charge in [-0.25, -0.2) is 4.39 Å². The summed E-state index contributed by atoms with van der Waals surface area (Å²) in [5, 5.41) is 0. The lowest BCUT2D eigenvalue weighted by Crippen LogP contribution is -2.47. The maximum atomic E-state index is 13.8. The van der Waals surface area contributed by atoms with Gasteiger partial charge in [0.15, 0.2) is 5.96 Å². The van der Waals surface area contributed by atoms with E-state index in [1.807, 2.05) is 6.07 Å². The summed E-state index contributed by atoms with van der Waals surface area (Å²) in [6.45, 7) is 6.95. The lowest BCUT2D eigenvalue weighted by Gasteiger charge is -2.35. The van der Waals surface area contributed by atoms with Crippen molar-refractivity contribution in [2.45, 2.75) is 26.8 Å². The minimum absolute atomic E-state index is 0.00704. The smallest absolute Gasteiger partial charge is 0.196 e. The third-order valence-corrected chi connectivity index (χ3v) is 3.10. The van der Waals surface area contributed by atoms with Crippen molar-refractivity contribution in [3.8, 4) is 0 Å². The van der Waals surface area contributed by atoms with Crippen molar-refractivity contribution in [2.75, 3.05) is 11.4 Å². The molecule has 0 saturated heterocycles. The molecule has 1 aromatic carbocycles. The van der Waals surface area contributed by atoms with Crippen LogP contribution >= 0.6 is 0 Å². The van der Waals surface area contributed by atoms with E-state index in [1.54, 1.807) is 17.0 Å². The van der Waals surface area contributed by atoms with Crippen LogP contribution in [0, 0.1) is 11.2 Å². The number of guanidine groups is 1. The van der Waals surface area contributed by atoms with Gasteiger partial charge in [-0.2, -0.15) is 0 Å². The Hall–Kier alpha value is -1.58. The van der Waals surface area contributed by atoms with Crippen LogP contribution in [0.5, 0.6) is 0 Å². The fourth-order valence-corrected chi connectivity index (χ4v) is 2.10. The van der Waals surface area contributed by atoms with Crippen molar-refractivity contribution in [3.05, 3.63) is 30.1 Å². The highest BCUT2D eigenvalue weighted by Gasteiger charge is 2.37. The SMILES string of the molecule is CC(C)(C)C1CN=C(N)N1c1ccccc1F. The van der Waals surface area contributed by atoms with Crippen molar-refractivity contribution >= 4 is 11.6 Å². The monoisotopic (exact) mass is 235 g/mol. The summed E-state index contributed by atoms with van der Waals surface area (Å²) in [5.74, 6) is 0.136. The quantitative estimate of drug-likeness (QED) is 0.812. The van der Waals surface area contributed by atoms with Gasteiger partial charge in [0.05, 0.1) is 18.3 Å². The summed E-state index contributed by atoms with van der Waals surface area (Å²) in [4.78, 5) is 6.04. The third kappa shape index (κ3) is 2.12. The molecule has 17 heavy (non-hydrogen) atoms. The minimum atomic E-state index is -0.262. The third-order valence-electron chi connectivity index (χ3n) is 3.10. The van der Waals surface area contributed by atoms with Gasteiger partial charge in [-0.1, -0.05) is 32.9 Å². The molecule has 1 atom stereocenters. The van der Waals surface area contributed by atoms with Gasteiger partial charge >= 0.3 is 0 Å². The number of halogens is 1. The number of para-hydroxylation sites is 1. The number of aliphatic imine (C=N–C) groups is 1. The summed E-state index contributed by atoms with van der Waals surface area (Å²) in [6, 6.07) is 6.76. The number of hydrogen-bond donors (Lipinski definition) is 1. The summed E-state index contributed by atoms with van der Waals surface area (Å²) in [7, 11) is 0. The zero-order valence-electron chi connectivity index (χ0n) is 10.4. The van der Waals surface area contributed by atoms with Crippen LogP contribution < -0.4 is 10.6 Å². The molecule has 0 fully saturated rings. The molecule has 0 radical (unpaired) electrons.